The molecule has 0 aliphatic heterocycles. The molecule has 0 unspecified atom stereocenters. The van der Waals surface area contributed by atoms with E-state index in [0.29, 0.717) is 0 Å². The molecule has 3 nitrogen and oxygen atoms in total. The molecule has 0 spiro atoms. The SMILES string of the molecule is CCCCCCCOc1ccc(/C=N/c2ccc(OCCCC)cc2)cc1. The Morgan fingerprint density at radius 1 is 0.667 bits per heavy atom. The average Bonchev–Trinajstić information content (AvgIpc) is 2.71. The number of nitrogens with zero attached hydrogens (tertiary/aromatic N) is 1. The Hall–Kier alpha value is -2.29. The van der Waals surface area contributed by atoms with E-state index in [1.54, 1.807) is 0 Å². The van der Waals surface area contributed by atoms with Gasteiger partial charge in [-0.1, -0.05) is 46.0 Å². The van der Waals surface area contributed by atoms with E-state index in [9.17, 15) is 0 Å². The van der Waals surface area contributed by atoms with Crippen LogP contribution in [0.1, 0.15) is 64.4 Å². The van der Waals surface area contributed by atoms with Crippen LogP contribution >= 0.6 is 0 Å². The highest BCUT2D eigenvalue weighted by atomic mass is 16.5. The van der Waals surface area contributed by atoms with Gasteiger partial charge in [0.1, 0.15) is 11.5 Å². The normalized spacial score (nSPS) is 11.0. The molecule has 0 amide bonds. The summed E-state index contributed by atoms with van der Waals surface area (Å²) in [5, 5.41) is 0. The van der Waals surface area contributed by atoms with Gasteiger partial charge in [0.2, 0.25) is 0 Å². The lowest BCUT2D eigenvalue weighted by Gasteiger charge is -2.06. The van der Waals surface area contributed by atoms with Crippen LogP contribution in [0.2, 0.25) is 0 Å². The third-order valence-electron chi connectivity index (χ3n) is 4.36. The third kappa shape index (κ3) is 8.76. The van der Waals surface area contributed by atoms with Crippen LogP contribution in [0.3, 0.4) is 0 Å². The average molecular weight is 368 g/mol. The Morgan fingerprint density at radius 2 is 1.22 bits per heavy atom. The van der Waals surface area contributed by atoms with Crippen LogP contribution in [0.5, 0.6) is 11.5 Å². The Labute approximate surface area is 164 Å². The van der Waals surface area contributed by atoms with Gasteiger partial charge < -0.3 is 9.47 Å². The van der Waals surface area contributed by atoms with Crippen molar-refractivity contribution in [3.05, 3.63) is 54.1 Å². The van der Waals surface area contributed by atoms with Crippen LogP contribution in [0.25, 0.3) is 0 Å². The van der Waals surface area contributed by atoms with Gasteiger partial charge in [-0.05, 0) is 66.9 Å². The lowest BCUT2D eigenvalue weighted by molar-refractivity contribution is 0.304. The predicted octanol–water partition coefficient (Wildman–Crippen LogP) is 6.97. The fraction of sp³-hybridized carbons (Fsp3) is 0.458. The second-order valence-electron chi connectivity index (χ2n) is 6.79. The Balaban J connectivity index is 1.74. The summed E-state index contributed by atoms with van der Waals surface area (Å²) in [5.41, 5.74) is 1.99. The summed E-state index contributed by atoms with van der Waals surface area (Å²) in [4.78, 5) is 4.53. The highest BCUT2D eigenvalue weighted by molar-refractivity contribution is 5.82. The van der Waals surface area contributed by atoms with E-state index >= 15 is 0 Å². The van der Waals surface area contributed by atoms with Crippen molar-refractivity contribution in [2.24, 2.45) is 4.99 Å². The topological polar surface area (TPSA) is 30.8 Å². The van der Waals surface area contributed by atoms with Crippen LogP contribution in [0.15, 0.2) is 53.5 Å². The highest BCUT2D eigenvalue weighted by Crippen LogP contribution is 2.19. The number of benzene rings is 2. The van der Waals surface area contributed by atoms with E-state index in [2.05, 4.69) is 18.8 Å². The van der Waals surface area contributed by atoms with E-state index < -0.39 is 0 Å². The van der Waals surface area contributed by atoms with Gasteiger partial charge in [-0.25, -0.2) is 0 Å². The van der Waals surface area contributed by atoms with Crippen LogP contribution < -0.4 is 9.47 Å². The van der Waals surface area contributed by atoms with Crippen molar-refractivity contribution in [3.63, 3.8) is 0 Å². The maximum absolute atomic E-state index is 5.80. The summed E-state index contributed by atoms with van der Waals surface area (Å²) in [6, 6.07) is 16.0. The maximum atomic E-state index is 5.80. The molecule has 2 aromatic carbocycles. The first-order chi connectivity index (χ1) is 13.3. The molecule has 0 aromatic heterocycles. The summed E-state index contributed by atoms with van der Waals surface area (Å²) < 4.78 is 11.5. The zero-order chi connectivity index (χ0) is 19.2. The van der Waals surface area contributed by atoms with Crippen LogP contribution in [-0.2, 0) is 0 Å². The van der Waals surface area contributed by atoms with Crippen molar-refractivity contribution in [2.45, 2.75) is 58.8 Å². The van der Waals surface area contributed by atoms with Gasteiger partial charge in [-0.15, -0.1) is 0 Å². The number of ether oxygens (including phenoxy) is 2. The van der Waals surface area contributed by atoms with Gasteiger partial charge in [0.05, 0.1) is 18.9 Å². The monoisotopic (exact) mass is 367 g/mol. The van der Waals surface area contributed by atoms with Crippen molar-refractivity contribution in [1.82, 2.24) is 0 Å². The molecule has 2 aromatic rings. The molecule has 0 fully saturated rings. The lowest BCUT2D eigenvalue weighted by Crippen LogP contribution is -1.97. The maximum Gasteiger partial charge on any atom is 0.119 e. The lowest BCUT2D eigenvalue weighted by atomic mass is 10.2. The standard InChI is InChI=1S/C24H33NO2/c1-3-5-7-8-9-19-27-23-14-10-21(11-15-23)20-25-22-12-16-24(17-13-22)26-18-6-4-2/h10-17,20H,3-9,18-19H2,1-2H3/b25-20+. The molecule has 0 bridgehead atoms. The van der Waals surface area contributed by atoms with Gasteiger partial charge in [0.25, 0.3) is 0 Å². The van der Waals surface area contributed by atoms with E-state index in [4.69, 9.17) is 9.47 Å². The fourth-order valence-electron chi connectivity index (χ4n) is 2.66. The molecular formula is C24H33NO2. The molecule has 0 saturated carbocycles. The van der Waals surface area contributed by atoms with E-state index in [0.717, 1.165) is 55.2 Å². The quantitative estimate of drug-likeness (QED) is 0.283. The van der Waals surface area contributed by atoms with Crippen LogP contribution in [-0.4, -0.2) is 19.4 Å². The fourth-order valence-corrected chi connectivity index (χ4v) is 2.66. The van der Waals surface area contributed by atoms with Gasteiger partial charge in [0, 0.05) is 6.21 Å². The Kier molecular flexibility index (Phi) is 10.1. The van der Waals surface area contributed by atoms with Crippen molar-refractivity contribution in [3.8, 4) is 11.5 Å². The number of hydrogen-bond donors (Lipinski definition) is 0. The minimum absolute atomic E-state index is 0.770. The van der Waals surface area contributed by atoms with Crippen molar-refractivity contribution in [2.75, 3.05) is 13.2 Å². The minimum Gasteiger partial charge on any atom is -0.494 e. The van der Waals surface area contributed by atoms with Crippen molar-refractivity contribution in [1.29, 1.82) is 0 Å². The number of hydrogen-bond acceptors (Lipinski definition) is 3. The molecule has 2 rings (SSSR count). The Morgan fingerprint density at radius 3 is 1.85 bits per heavy atom. The van der Waals surface area contributed by atoms with E-state index in [1.165, 1.54) is 25.7 Å². The van der Waals surface area contributed by atoms with Gasteiger partial charge >= 0.3 is 0 Å². The molecule has 3 heteroatoms. The molecule has 0 heterocycles. The van der Waals surface area contributed by atoms with Crippen molar-refractivity contribution < 1.29 is 9.47 Å². The molecule has 0 atom stereocenters. The number of rotatable bonds is 13. The largest absolute Gasteiger partial charge is 0.494 e. The van der Waals surface area contributed by atoms with Gasteiger partial charge in [-0.3, -0.25) is 4.99 Å². The molecule has 0 saturated heterocycles. The van der Waals surface area contributed by atoms with E-state index in [-0.39, 0.29) is 0 Å². The summed E-state index contributed by atoms with van der Waals surface area (Å²) in [5.74, 6) is 1.83. The zero-order valence-corrected chi connectivity index (χ0v) is 16.8. The predicted molar refractivity (Wildman–Crippen MR) is 115 cm³/mol. The van der Waals surface area contributed by atoms with Crippen LogP contribution in [0.4, 0.5) is 5.69 Å². The number of aliphatic imine (C=N–C) groups is 1. The second-order valence-corrected chi connectivity index (χ2v) is 6.79. The first-order valence-corrected chi connectivity index (χ1v) is 10.3. The second kappa shape index (κ2) is 13.0. The first kappa shape index (κ1) is 21.0. The minimum atomic E-state index is 0.770. The molecular weight excluding hydrogens is 334 g/mol. The van der Waals surface area contributed by atoms with E-state index in [1.807, 2.05) is 54.7 Å². The highest BCUT2D eigenvalue weighted by Gasteiger charge is 1.96. The molecule has 146 valence electrons. The molecule has 27 heavy (non-hydrogen) atoms. The molecule has 0 aliphatic carbocycles. The summed E-state index contributed by atoms with van der Waals surface area (Å²) in [6.45, 7) is 5.96. The Bertz CT molecular complexity index is 647. The van der Waals surface area contributed by atoms with Gasteiger partial charge in [-0.2, -0.15) is 0 Å². The smallest absolute Gasteiger partial charge is 0.119 e. The molecule has 0 N–H and O–H groups in total. The zero-order valence-electron chi connectivity index (χ0n) is 16.8. The molecule has 0 radical (unpaired) electrons. The third-order valence-corrected chi connectivity index (χ3v) is 4.36. The number of unbranched alkanes of at least 4 members (excludes halogenated alkanes) is 5. The van der Waals surface area contributed by atoms with Crippen LogP contribution in [0, 0.1) is 0 Å². The van der Waals surface area contributed by atoms with Gasteiger partial charge in [0.15, 0.2) is 0 Å². The summed E-state index contributed by atoms with van der Waals surface area (Å²) >= 11 is 0. The molecule has 0 aliphatic rings. The first-order valence-electron chi connectivity index (χ1n) is 10.3. The summed E-state index contributed by atoms with van der Waals surface area (Å²) in [6.07, 6.45) is 10.4. The van der Waals surface area contributed by atoms with Crippen molar-refractivity contribution >= 4 is 11.9 Å². The summed E-state index contributed by atoms with van der Waals surface area (Å²) in [7, 11) is 0.